The molecule has 24 heavy (non-hydrogen) atoms. The third-order valence-corrected chi connectivity index (χ3v) is 7.34. The Labute approximate surface area is 145 Å². The predicted molar refractivity (Wildman–Crippen MR) is 94.8 cm³/mol. The number of likely N-dealkylation sites (tertiary alicyclic amines) is 1. The number of para-hydroxylation sites is 1. The molecule has 3 atom stereocenters. The number of fused-ring (bicyclic) bond motifs is 1. The van der Waals surface area contributed by atoms with Gasteiger partial charge in [0.05, 0.1) is 7.11 Å². The minimum Gasteiger partial charge on any atom is -0.493 e. The van der Waals surface area contributed by atoms with Gasteiger partial charge >= 0.3 is 0 Å². The Morgan fingerprint density at radius 3 is 2.88 bits per heavy atom. The molecule has 1 spiro atoms. The van der Waals surface area contributed by atoms with Gasteiger partial charge in [-0.2, -0.15) is 0 Å². The summed E-state index contributed by atoms with van der Waals surface area (Å²) in [6.45, 7) is 3.85. The molecule has 130 valence electrons. The topological polar surface area (TPSA) is 21.7 Å². The molecule has 3 heteroatoms. The van der Waals surface area contributed by atoms with E-state index in [1.807, 2.05) is 6.07 Å². The van der Waals surface area contributed by atoms with Gasteiger partial charge in [-0.15, -0.1) is 0 Å². The molecule has 4 aliphatic rings. The normalized spacial score (nSPS) is 35.4. The summed E-state index contributed by atoms with van der Waals surface area (Å²) in [5.74, 6) is 3.69. The molecule has 2 aliphatic carbocycles. The highest BCUT2D eigenvalue weighted by molar-refractivity contribution is 5.55. The van der Waals surface area contributed by atoms with E-state index in [-0.39, 0.29) is 5.41 Å². The molecule has 3 unspecified atom stereocenters. The third-order valence-electron chi connectivity index (χ3n) is 7.34. The van der Waals surface area contributed by atoms with Crippen molar-refractivity contribution in [3.8, 4) is 11.5 Å². The smallest absolute Gasteiger partial charge is 0.165 e. The maximum absolute atomic E-state index is 6.50. The Kier molecular flexibility index (Phi) is 3.55. The van der Waals surface area contributed by atoms with E-state index in [1.54, 1.807) is 7.11 Å². The van der Waals surface area contributed by atoms with Crippen LogP contribution in [0.25, 0.3) is 0 Å². The van der Waals surface area contributed by atoms with Crippen LogP contribution in [-0.4, -0.2) is 37.7 Å². The molecule has 2 saturated carbocycles. The van der Waals surface area contributed by atoms with Crippen LogP contribution in [0.3, 0.4) is 0 Å². The monoisotopic (exact) mass is 327 g/mol. The number of hydrogen-bond donors (Lipinski definition) is 0. The van der Waals surface area contributed by atoms with E-state index in [9.17, 15) is 0 Å². The second-order valence-electron chi connectivity index (χ2n) is 8.42. The van der Waals surface area contributed by atoms with Gasteiger partial charge in [0.15, 0.2) is 11.5 Å². The number of piperidine rings is 1. The highest BCUT2D eigenvalue weighted by Crippen LogP contribution is 2.58. The fourth-order valence-corrected chi connectivity index (χ4v) is 5.90. The first-order valence-corrected chi connectivity index (χ1v) is 9.88. The van der Waals surface area contributed by atoms with E-state index in [4.69, 9.17) is 9.47 Å². The molecule has 0 N–H and O–H groups in total. The van der Waals surface area contributed by atoms with E-state index in [0.29, 0.717) is 6.10 Å². The van der Waals surface area contributed by atoms with Gasteiger partial charge in [0, 0.05) is 24.1 Å². The number of nitrogens with zero attached hydrogens (tertiary/aromatic N) is 1. The van der Waals surface area contributed by atoms with Crippen LogP contribution in [-0.2, 0) is 5.41 Å². The molecule has 0 aromatic heterocycles. The Bertz CT molecular complexity index is 626. The zero-order valence-electron chi connectivity index (χ0n) is 14.8. The van der Waals surface area contributed by atoms with Crippen molar-refractivity contribution in [3.63, 3.8) is 0 Å². The van der Waals surface area contributed by atoms with E-state index < -0.39 is 0 Å². The Morgan fingerprint density at radius 1 is 1.21 bits per heavy atom. The molecule has 2 heterocycles. The second kappa shape index (κ2) is 5.66. The standard InChI is InChI=1S/C21H29NO2/c1-23-18-9-4-8-17-20(18)24-19-10-3-7-16-14-22(12-11-21(16,17)19)13-15-5-2-6-15/h4,8-9,15-16,19H,2-3,5-7,10-14H2,1H3. The molecule has 2 aliphatic heterocycles. The number of hydrogen-bond acceptors (Lipinski definition) is 3. The molecule has 3 fully saturated rings. The lowest BCUT2D eigenvalue weighted by molar-refractivity contribution is -0.0144. The number of benzene rings is 1. The quantitative estimate of drug-likeness (QED) is 0.837. The van der Waals surface area contributed by atoms with Crippen molar-refractivity contribution in [2.45, 2.75) is 56.5 Å². The van der Waals surface area contributed by atoms with Crippen molar-refractivity contribution in [2.24, 2.45) is 11.8 Å². The zero-order valence-corrected chi connectivity index (χ0v) is 14.8. The maximum Gasteiger partial charge on any atom is 0.165 e. The molecular formula is C21H29NO2. The minimum absolute atomic E-state index is 0.248. The maximum atomic E-state index is 6.50. The average Bonchev–Trinajstić information content (AvgIpc) is 2.91. The lowest BCUT2D eigenvalue weighted by atomic mass is 9.58. The van der Waals surface area contributed by atoms with Gasteiger partial charge in [-0.05, 0) is 63.0 Å². The van der Waals surface area contributed by atoms with E-state index >= 15 is 0 Å². The zero-order chi connectivity index (χ0) is 16.1. The largest absolute Gasteiger partial charge is 0.493 e. The van der Waals surface area contributed by atoms with Crippen LogP contribution >= 0.6 is 0 Å². The number of methoxy groups -OCH3 is 1. The van der Waals surface area contributed by atoms with Crippen LogP contribution in [0.1, 0.15) is 50.5 Å². The molecular weight excluding hydrogens is 298 g/mol. The van der Waals surface area contributed by atoms with Crippen molar-refractivity contribution >= 4 is 0 Å². The number of rotatable bonds is 3. The summed E-state index contributed by atoms with van der Waals surface area (Å²) in [5, 5.41) is 0. The Morgan fingerprint density at radius 2 is 2.08 bits per heavy atom. The summed E-state index contributed by atoms with van der Waals surface area (Å²) in [7, 11) is 1.76. The van der Waals surface area contributed by atoms with Crippen LogP contribution in [0.15, 0.2) is 18.2 Å². The van der Waals surface area contributed by atoms with Gasteiger partial charge in [-0.1, -0.05) is 18.6 Å². The summed E-state index contributed by atoms with van der Waals surface area (Å²) >= 11 is 0. The summed E-state index contributed by atoms with van der Waals surface area (Å²) in [5.41, 5.74) is 1.69. The fourth-order valence-electron chi connectivity index (χ4n) is 5.90. The molecule has 1 saturated heterocycles. The third kappa shape index (κ3) is 2.06. The molecule has 1 aromatic rings. The van der Waals surface area contributed by atoms with Gasteiger partial charge in [0.25, 0.3) is 0 Å². The van der Waals surface area contributed by atoms with Crippen molar-refractivity contribution in [1.29, 1.82) is 0 Å². The van der Waals surface area contributed by atoms with Crippen LogP contribution in [0.4, 0.5) is 0 Å². The van der Waals surface area contributed by atoms with Crippen LogP contribution in [0.2, 0.25) is 0 Å². The fraction of sp³-hybridized carbons (Fsp3) is 0.714. The molecule has 0 amide bonds. The Balaban J connectivity index is 1.46. The minimum atomic E-state index is 0.248. The van der Waals surface area contributed by atoms with Crippen molar-refractivity contribution in [3.05, 3.63) is 23.8 Å². The van der Waals surface area contributed by atoms with Gasteiger partial charge in [0.2, 0.25) is 0 Å². The molecule has 5 rings (SSSR count). The molecule has 0 radical (unpaired) electrons. The molecule has 0 bridgehead atoms. The van der Waals surface area contributed by atoms with Gasteiger partial charge in [0.1, 0.15) is 6.10 Å². The SMILES string of the molecule is COc1cccc2c1OC1CCCC3CN(CC4CCC4)CCC231. The highest BCUT2D eigenvalue weighted by atomic mass is 16.5. The first-order valence-electron chi connectivity index (χ1n) is 9.88. The summed E-state index contributed by atoms with van der Waals surface area (Å²) in [6.07, 6.45) is 9.87. The lowest BCUT2D eigenvalue weighted by Gasteiger charge is -2.51. The van der Waals surface area contributed by atoms with E-state index in [1.165, 1.54) is 70.1 Å². The summed E-state index contributed by atoms with van der Waals surface area (Å²) < 4.78 is 12.1. The van der Waals surface area contributed by atoms with Crippen LogP contribution in [0, 0.1) is 11.8 Å². The average molecular weight is 327 g/mol. The molecule has 3 nitrogen and oxygen atoms in total. The van der Waals surface area contributed by atoms with Crippen molar-refractivity contribution in [1.82, 2.24) is 4.90 Å². The first-order chi connectivity index (χ1) is 11.8. The predicted octanol–water partition coefficient (Wildman–Crippen LogP) is 4.00. The Hall–Kier alpha value is -1.22. The van der Waals surface area contributed by atoms with Crippen molar-refractivity contribution in [2.75, 3.05) is 26.7 Å². The summed E-state index contributed by atoms with van der Waals surface area (Å²) in [6, 6.07) is 6.52. The molecule has 1 aromatic carbocycles. The van der Waals surface area contributed by atoms with Gasteiger partial charge in [-0.25, -0.2) is 0 Å². The lowest BCUT2D eigenvalue weighted by Crippen LogP contribution is -2.57. The van der Waals surface area contributed by atoms with Crippen LogP contribution in [0.5, 0.6) is 11.5 Å². The van der Waals surface area contributed by atoms with Gasteiger partial charge in [-0.3, -0.25) is 0 Å². The van der Waals surface area contributed by atoms with Crippen LogP contribution < -0.4 is 9.47 Å². The first kappa shape index (κ1) is 15.1. The highest BCUT2D eigenvalue weighted by Gasteiger charge is 2.57. The number of ether oxygens (including phenoxy) is 2. The van der Waals surface area contributed by atoms with E-state index in [2.05, 4.69) is 17.0 Å². The van der Waals surface area contributed by atoms with E-state index in [0.717, 1.165) is 23.3 Å². The second-order valence-corrected chi connectivity index (χ2v) is 8.42. The van der Waals surface area contributed by atoms with Crippen molar-refractivity contribution < 1.29 is 9.47 Å². The summed E-state index contributed by atoms with van der Waals surface area (Å²) in [4.78, 5) is 2.76. The van der Waals surface area contributed by atoms with Gasteiger partial charge < -0.3 is 14.4 Å².